The average Bonchev–Trinajstić information content (AvgIpc) is 2.38. The number of carboxylic acid groups (broad SMARTS) is 1. The molecule has 2 amide bonds. The molecule has 1 unspecified atom stereocenters. The maximum absolute atomic E-state index is 11.5. The van der Waals surface area contributed by atoms with Gasteiger partial charge in [-0.1, -0.05) is 13.3 Å². The second kappa shape index (κ2) is 12.1. The number of urea groups is 1. The molecular weight excluding hydrogens is 268 g/mol. The van der Waals surface area contributed by atoms with E-state index < -0.39 is 18.0 Å². The zero-order chi connectivity index (χ0) is 14.5. The lowest BCUT2D eigenvalue weighted by Crippen LogP contribution is -2.47. The van der Waals surface area contributed by atoms with Crippen LogP contribution < -0.4 is 10.6 Å². The van der Waals surface area contributed by atoms with Crippen LogP contribution in [0.3, 0.4) is 0 Å². The average molecular weight is 292 g/mol. The van der Waals surface area contributed by atoms with Crippen molar-refractivity contribution in [1.82, 2.24) is 10.6 Å². The first-order valence-electron chi connectivity index (χ1n) is 6.45. The molecule has 0 aromatic heterocycles. The van der Waals surface area contributed by atoms with E-state index in [1.54, 1.807) is 11.8 Å². The van der Waals surface area contributed by atoms with Gasteiger partial charge in [0, 0.05) is 13.2 Å². The Morgan fingerprint density at radius 3 is 2.68 bits per heavy atom. The first-order valence-corrected chi connectivity index (χ1v) is 7.85. The van der Waals surface area contributed by atoms with E-state index in [2.05, 4.69) is 17.6 Å². The Hall–Kier alpha value is -0.950. The summed E-state index contributed by atoms with van der Waals surface area (Å²) in [5.41, 5.74) is 0. The molecule has 0 aliphatic carbocycles. The van der Waals surface area contributed by atoms with Crippen LogP contribution in [0.15, 0.2) is 0 Å². The van der Waals surface area contributed by atoms with E-state index in [9.17, 15) is 9.59 Å². The highest BCUT2D eigenvalue weighted by Gasteiger charge is 2.18. The van der Waals surface area contributed by atoms with Crippen molar-refractivity contribution in [3.05, 3.63) is 0 Å². The third kappa shape index (κ3) is 10.6. The normalized spacial score (nSPS) is 11.9. The monoisotopic (exact) mass is 292 g/mol. The summed E-state index contributed by atoms with van der Waals surface area (Å²) < 4.78 is 5.28. The predicted molar refractivity (Wildman–Crippen MR) is 76.7 cm³/mol. The van der Waals surface area contributed by atoms with Crippen LogP contribution in [0.2, 0.25) is 0 Å². The van der Waals surface area contributed by atoms with Crippen LogP contribution in [0, 0.1) is 0 Å². The Labute approximate surface area is 118 Å². The highest BCUT2D eigenvalue weighted by molar-refractivity contribution is 7.98. The molecular formula is C12H24N2O4S. The van der Waals surface area contributed by atoms with Gasteiger partial charge in [0.05, 0.1) is 6.61 Å². The Morgan fingerprint density at radius 1 is 1.37 bits per heavy atom. The van der Waals surface area contributed by atoms with Gasteiger partial charge in [-0.2, -0.15) is 11.8 Å². The number of carbonyl (C=O) groups excluding carboxylic acids is 1. The SMILES string of the molecule is CCCCOCCNC(=O)NC(CCSC)C(=O)O. The molecule has 0 aromatic rings. The summed E-state index contributed by atoms with van der Waals surface area (Å²) >= 11 is 1.55. The quantitative estimate of drug-likeness (QED) is 0.500. The zero-order valence-electron chi connectivity index (χ0n) is 11.6. The first-order chi connectivity index (χ1) is 9.11. The first kappa shape index (κ1) is 18.0. The third-order valence-corrected chi connectivity index (χ3v) is 3.03. The Balaban J connectivity index is 3.71. The summed E-state index contributed by atoms with van der Waals surface area (Å²) in [7, 11) is 0. The van der Waals surface area contributed by atoms with Crippen molar-refractivity contribution >= 4 is 23.8 Å². The largest absolute Gasteiger partial charge is 0.480 e. The number of hydrogen-bond donors (Lipinski definition) is 3. The van der Waals surface area contributed by atoms with Crippen LogP contribution in [0.4, 0.5) is 4.79 Å². The van der Waals surface area contributed by atoms with Gasteiger partial charge in [0.25, 0.3) is 0 Å². The summed E-state index contributed by atoms with van der Waals surface area (Å²) in [6.07, 6.45) is 4.38. The number of aliphatic carboxylic acids is 1. The number of unbranched alkanes of at least 4 members (excludes halogenated alkanes) is 1. The lowest BCUT2D eigenvalue weighted by atomic mass is 10.2. The summed E-state index contributed by atoms with van der Waals surface area (Å²) in [5, 5.41) is 14.0. The van der Waals surface area contributed by atoms with Crippen molar-refractivity contribution in [1.29, 1.82) is 0 Å². The molecule has 0 aromatic carbocycles. The molecule has 3 N–H and O–H groups in total. The number of ether oxygens (including phenoxy) is 1. The second-order valence-corrected chi connectivity index (χ2v) is 5.02. The molecule has 0 spiro atoms. The molecule has 19 heavy (non-hydrogen) atoms. The number of rotatable bonds is 11. The summed E-state index contributed by atoms with van der Waals surface area (Å²) in [5.74, 6) is -0.319. The van der Waals surface area contributed by atoms with E-state index in [0.29, 0.717) is 31.9 Å². The van der Waals surface area contributed by atoms with Gasteiger partial charge in [0.15, 0.2) is 0 Å². The molecule has 1 atom stereocenters. The summed E-state index contributed by atoms with van der Waals surface area (Å²) in [4.78, 5) is 22.4. The predicted octanol–water partition coefficient (Wildman–Crippen LogP) is 1.31. The number of amides is 2. The lowest BCUT2D eigenvalue weighted by molar-refractivity contribution is -0.139. The van der Waals surface area contributed by atoms with Crippen molar-refractivity contribution in [2.75, 3.05) is 31.8 Å². The molecule has 0 heterocycles. The Kier molecular flexibility index (Phi) is 11.5. The van der Waals surface area contributed by atoms with E-state index in [4.69, 9.17) is 9.84 Å². The minimum absolute atomic E-state index is 0.379. The van der Waals surface area contributed by atoms with Crippen LogP contribution >= 0.6 is 11.8 Å². The van der Waals surface area contributed by atoms with Gasteiger partial charge in [-0.25, -0.2) is 9.59 Å². The highest BCUT2D eigenvalue weighted by atomic mass is 32.2. The minimum atomic E-state index is -1.01. The number of thioether (sulfide) groups is 1. The van der Waals surface area contributed by atoms with Crippen molar-refractivity contribution < 1.29 is 19.4 Å². The number of carbonyl (C=O) groups is 2. The van der Waals surface area contributed by atoms with E-state index in [0.717, 1.165) is 12.8 Å². The molecule has 6 nitrogen and oxygen atoms in total. The molecule has 0 aliphatic heterocycles. The second-order valence-electron chi connectivity index (χ2n) is 4.04. The molecule has 112 valence electrons. The van der Waals surface area contributed by atoms with Gasteiger partial charge >= 0.3 is 12.0 Å². The maximum Gasteiger partial charge on any atom is 0.326 e. The molecule has 0 bridgehead atoms. The van der Waals surface area contributed by atoms with E-state index >= 15 is 0 Å². The van der Waals surface area contributed by atoms with Gasteiger partial charge < -0.3 is 20.5 Å². The fourth-order valence-corrected chi connectivity index (χ4v) is 1.76. The van der Waals surface area contributed by atoms with Gasteiger partial charge in [-0.05, 0) is 24.9 Å². The third-order valence-electron chi connectivity index (χ3n) is 2.39. The molecule has 7 heteroatoms. The van der Waals surface area contributed by atoms with Gasteiger partial charge in [-0.15, -0.1) is 0 Å². The number of hydrogen-bond acceptors (Lipinski definition) is 4. The topological polar surface area (TPSA) is 87.7 Å². The molecule has 0 rings (SSSR count). The van der Waals surface area contributed by atoms with Gasteiger partial charge in [0.2, 0.25) is 0 Å². The molecule has 0 radical (unpaired) electrons. The summed E-state index contributed by atoms with van der Waals surface area (Å²) in [6.45, 7) is 3.58. The standard InChI is InChI=1S/C12H24N2O4S/c1-3-4-7-18-8-6-13-12(17)14-10(11(15)16)5-9-19-2/h10H,3-9H2,1-2H3,(H,15,16)(H2,13,14,17). The van der Waals surface area contributed by atoms with Crippen LogP contribution in [0.1, 0.15) is 26.2 Å². The molecule has 0 fully saturated rings. The fraction of sp³-hybridized carbons (Fsp3) is 0.833. The minimum Gasteiger partial charge on any atom is -0.480 e. The Bertz CT molecular complexity index is 264. The summed E-state index contributed by atoms with van der Waals surface area (Å²) in [6, 6.07) is -1.30. The highest BCUT2D eigenvalue weighted by Crippen LogP contribution is 2.00. The maximum atomic E-state index is 11.5. The van der Waals surface area contributed by atoms with Crippen LogP contribution in [-0.4, -0.2) is 54.9 Å². The zero-order valence-corrected chi connectivity index (χ0v) is 12.4. The van der Waals surface area contributed by atoms with E-state index in [1.165, 1.54) is 0 Å². The van der Waals surface area contributed by atoms with Crippen LogP contribution in [-0.2, 0) is 9.53 Å². The Morgan fingerprint density at radius 2 is 2.11 bits per heavy atom. The molecule has 0 aliphatic rings. The van der Waals surface area contributed by atoms with E-state index in [1.807, 2.05) is 6.26 Å². The number of carboxylic acids is 1. The number of nitrogens with one attached hydrogen (secondary N) is 2. The van der Waals surface area contributed by atoms with Crippen molar-refractivity contribution in [2.24, 2.45) is 0 Å². The fourth-order valence-electron chi connectivity index (χ4n) is 1.29. The van der Waals surface area contributed by atoms with Crippen molar-refractivity contribution in [3.8, 4) is 0 Å². The van der Waals surface area contributed by atoms with Gasteiger partial charge in [-0.3, -0.25) is 0 Å². The smallest absolute Gasteiger partial charge is 0.326 e. The van der Waals surface area contributed by atoms with Crippen molar-refractivity contribution in [2.45, 2.75) is 32.2 Å². The lowest BCUT2D eigenvalue weighted by Gasteiger charge is -2.14. The molecule has 0 saturated carbocycles. The van der Waals surface area contributed by atoms with Crippen molar-refractivity contribution in [3.63, 3.8) is 0 Å². The molecule has 0 saturated heterocycles. The van der Waals surface area contributed by atoms with E-state index in [-0.39, 0.29) is 0 Å². The van der Waals surface area contributed by atoms with Crippen LogP contribution in [0.25, 0.3) is 0 Å². The van der Waals surface area contributed by atoms with Crippen LogP contribution in [0.5, 0.6) is 0 Å². The van der Waals surface area contributed by atoms with Gasteiger partial charge in [0.1, 0.15) is 6.04 Å².